The third kappa shape index (κ3) is 1.59. The van der Waals surface area contributed by atoms with Gasteiger partial charge in [-0.05, 0) is 32.1 Å². The summed E-state index contributed by atoms with van der Waals surface area (Å²) in [5, 5.41) is 19.0. The predicted octanol–water partition coefficient (Wildman–Crippen LogP) is 0.733. The van der Waals surface area contributed by atoms with Crippen LogP contribution in [0, 0.1) is 17.8 Å². The Hall–Kier alpha value is -0.410. The number of hydrogen-bond acceptors (Lipinski definition) is 3. The number of carbonyl (C=O) groups excluding carboxylic acids is 1. The van der Waals surface area contributed by atoms with Gasteiger partial charge in [0.05, 0.1) is 12.2 Å². The van der Waals surface area contributed by atoms with Gasteiger partial charge in [0.25, 0.3) is 0 Å². The van der Waals surface area contributed by atoms with Crippen LogP contribution in [0.2, 0.25) is 0 Å². The molecule has 2 rings (SSSR count). The summed E-state index contributed by atoms with van der Waals surface area (Å²) in [6, 6.07) is 0. The first-order chi connectivity index (χ1) is 6.59. The molecule has 3 heteroatoms. The molecule has 2 saturated carbocycles. The Morgan fingerprint density at radius 3 is 2.79 bits per heavy atom. The molecule has 0 aromatic rings. The van der Waals surface area contributed by atoms with E-state index in [4.69, 9.17) is 5.11 Å². The highest BCUT2D eigenvalue weighted by molar-refractivity contribution is 5.88. The number of rotatable bonds is 3. The largest absolute Gasteiger partial charge is 0.393 e. The molecule has 2 N–H and O–H groups in total. The summed E-state index contributed by atoms with van der Waals surface area (Å²) < 4.78 is 0. The summed E-state index contributed by atoms with van der Waals surface area (Å²) in [4.78, 5) is 11.2. The van der Waals surface area contributed by atoms with Crippen molar-refractivity contribution in [1.82, 2.24) is 0 Å². The number of ketones is 1. The van der Waals surface area contributed by atoms with Crippen LogP contribution in [0.25, 0.3) is 0 Å². The highest BCUT2D eigenvalue weighted by atomic mass is 16.3. The lowest BCUT2D eigenvalue weighted by molar-refractivity contribution is -0.135. The molecule has 0 radical (unpaired) electrons. The van der Waals surface area contributed by atoms with E-state index in [-0.39, 0.29) is 30.0 Å². The van der Waals surface area contributed by atoms with Crippen molar-refractivity contribution in [3.8, 4) is 0 Å². The Balaban J connectivity index is 1.86. The van der Waals surface area contributed by atoms with Crippen molar-refractivity contribution < 1.29 is 15.0 Å². The number of Topliss-reactive ketones (excluding diaryl/α,β-unsaturated/α-hetero) is 1. The number of hydrogen-bond donors (Lipinski definition) is 2. The highest BCUT2D eigenvalue weighted by Crippen LogP contribution is 2.48. The van der Waals surface area contributed by atoms with Crippen LogP contribution in [0.3, 0.4) is 0 Å². The van der Waals surface area contributed by atoms with E-state index in [1.165, 1.54) is 0 Å². The molecule has 2 aliphatic rings. The fraction of sp³-hybridized carbons (Fsp3) is 0.909. The van der Waals surface area contributed by atoms with Crippen molar-refractivity contribution in [1.29, 1.82) is 0 Å². The molecular weight excluding hydrogens is 180 g/mol. The minimum Gasteiger partial charge on any atom is -0.393 e. The van der Waals surface area contributed by atoms with Gasteiger partial charge in [-0.2, -0.15) is 0 Å². The van der Waals surface area contributed by atoms with Gasteiger partial charge in [0.15, 0.2) is 0 Å². The minimum absolute atomic E-state index is 0.143. The fourth-order valence-corrected chi connectivity index (χ4v) is 2.83. The average Bonchev–Trinajstić information content (AvgIpc) is 2.36. The molecule has 0 aromatic carbocycles. The van der Waals surface area contributed by atoms with Gasteiger partial charge < -0.3 is 10.2 Å². The lowest BCUT2D eigenvalue weighted by atomic mass is 9.74. The quantitative estimate of drug-likeness (QED) is 0.703. The molecule has 0 spiro atoms. The molecule has 0 heterocycles. The van der Waals surface area contributed by atoms with Crippen molar-refractivity contribution in [2.45, 2.75) is 44.8 Å². The summed E-state index contributed by atoms with van der Waals surface area (Å²) >= 11 is 0. The second-order valence-corrected chi connectivity index (χ2v) is 4.85. The van der Waals surface area contributed by atoms with Crippen molar-refractivity contribution >= 4 is 5.78 Å². The Labute approximate surface area is 84.1 Å². The molecule has 3 nitrogen and oxygen atoms in total. The maximum absolute atomic E-state index is 11.2. The first kappa shape index (κ1) is 10.1. The lowest BCUT2D eigenvalue weighted by Crippen LogP contribution is -2.38. The van der Waals surface area contributed by atoms with Gasteiger partial charge in [0.1, 0.15) is 5.78 Å². The van der Waals surface area contributed by atoms with Crippen LogP contribution < -0.4 is 0 Å². The second kappa shape index (κ2) is 3.63. The number of aliphatic hydroxyl groups excluding tert-OH is 2. The Morgan fingerprint density at radius 2 is 2.29 bits per heavy atom. The van der Waals surface area contributed by atoms with Gasteiger partial charge >= 0.3 is 0 Å². The zero-order valence-electron chi connectivity index (χ0n) is 8.52. The van der Waals surface area contributed by atoms with E-state index in [0.29, 0.717) is 12.2 Å². The second-order valence-electron chi connectivity index (χ2n) is 4.85. The molecular formula is C11H18O3. The minimum atomic E-state index is -0.295. The third-order valence-corrected chi connectivity index (χ3v) is 3.80. The number of aliphatic hydroxyl groups is 2. The first-order valence-electron chi connectivity index (χ1n) is 5.48. The van der Waals surface area contributed by atoms with Crippen LogP contribution in [0.15, 0.2) is 0 Å². The summed E-state index contributed by atoms with van der Waals surface area (Å²) in [6.07, 6.45) is 2.41. The molecule has 5 atom stereocenters. The summed E-state index contributed by atoms with van der Waals surface area (Å²) in [5.74, 6) is 0.949. The molecule has 80 valence electrons. The van der Waals surface area contributed by atoms with Crippen LogP contribution in [0.1, 0.15) is 32.6 Å². The molecule has 0 aliphatic heterocycles. The van der Waals surface area contributed by atoms with Crippen LogP contribution in [-0.2, 0) is 4.79 Å². The molecule has 0 aromatic heterocycles. The number of fused-ring (bicyclic) bond motifs is 1. The van der Waals surface area contributed by atoms with Gasteiger partial charge in [-0.15, -0.1) is 0 Å². The number of carbonyl (C=O) groups is 1. The van der Waals surface area contributed by atoms with Gasteiger partial charge in [-0.25, -0.2) is 0 Å². The molecule has 2 aliphatic carbocycles. The smallest absolute Gasteiger partial charge is 0.136 e. The van der Waals surface area contributed by atoms with Gasteiger partial charge in [0, 0.05) is 18.3 Å². The van der Waals surface area contributed by atoms with Crippen molar-refractivity contribution in [3.05, 3.63) is 0 Å². The topological polar surface area (TPSA) is 57.5 Å². The zero-order chi connectivity index (χ0) is 10.3. The maximum atomic E-state index is 11.2. The monoisotopic (exact) mass is 198 g/mol. The van der Waals surface area contributed by atoms with Gasteiger partial charge in [-0.1, -0.05) is 0 Å². The SMILES string of the molecule is CC(O)CCC1CC2C(=O)CC2C1O. The third-order valence-electron chi connectivity index (χ3n) is 3.80. The Morgan fingerprint density at radius 1 is 1.57 bits per heavy atom. The van der Waals surface area contributed by atoms with Crippen molar-refractivity contribution in [3.63, 3.8) is 0 Å². The molecule has 14 heavy (non-hydrogen) atoms. The molecule has 0 saturated heterocycles. The van der Waals surface area contributed by atoms with E-state index in [1.807, 2.05) is 0 Å². The summed E-state index contributed by atoms with van der Waals surface area (Å²) in [6.45, 7) is 1.76. The van der Waals surface area contributed by atoms with E-state index in [1.54, 1.807) is 6.92 Å². The summed E-state index contributed by atoms with van der Waals surface area (Å²) in [7, 11) is 0. The van der Waals surface area contributed by atoms with Gasteiger partial charge in [0.2, 0.25) is 0 Å². The van der Waals surface area contributed by atoms with Crippen LogP contribution in [-0.4, -0.2) is 28.2 Å². The molecule has 0 bridgehead atoms. The van der Waals surface area contributed by atoms with Gasteiger partial charge in [-0.3, -0.25) is 4.79 Å². The fourth-order valence-electron chi connectivity index (χ4n) is 2.83. The van der Waals surface area contributed by atoms with Crippen molar-refractivity contribution in [2.75, 3.05) is 0 Å². The van der Waals surface area contributed by atoms with E-state index in [2.05, 4.69) is 0 Å². The Kier molecular flexibility index (Phi) is 2.62. The molecule has 5 unspecified atom stereocenters. The lowest BCUT2D eigenvalue weighted by Gasteiger charge is -2.30. The standard InChI is InChI=1S/C11H18O3/c1-6(12)2-3-7-4-8-9(11(7)14)5-10(8)13/h6-9,11-12,14H,2-5H2,1H3. The summed E-state index contributed by atoms with van der Waals surface area (Å²) in [5.41, 5.74) is 0. The average molecular weight is 198 g/mol. The highest BCUT2D eigenvalue weighted by Gasteiger charge is 2.52. The van der Waals surface area contributed by atoms with Crippen LogP contribution >= 0.6 is 0 Å². The van der Waals surface area contributed by atoms with Crippen LogP contribution in [0.4, 0.5) is 0 Å². The zero-order valence-corrected chi connectivity index (χ0v) is 8.52. The Bertz CT molecular complexity index is 237. The van der Waals surface area contributed by atoms with E-state index in [9.17, 15) is 9.90 Å². The van der Waals surface area contributed by atoms with Crippen LogP contribution in [0.5, 0.6) is 0 Å². The molecule has 0 amide bonds. The normalized spacial score (nSPS) is 43.2. The van der Waals surface area contributed by atoms with E-state index < -0.39 is 0 Å². The van der Waals surface area contributed by atoms with E-state index in [0.717, 1.165) is 19.3 Å². The maximum Gasteiger partial charge on any atom is 0.136 e. The molecule has 2 fully saturated rings. The van der Waals surface area contributed by atoms with Crippen molar-refractivity contribution in [2.24, 2.45) is 17.8 Å². The predicted molar refractivity (Wildman–Crippen MR) is 51.6 cm³/mol. The van der Waals surface area contributed by atoms with E-state index >= 15 is 0 Å². The first-order valence-corrected chi connectivity index (χ1v) is 5.48.